The molecule has 1 heterocycles. The van der Waals surface area contributed by atoms with Crippen molar-refractivity contribution in [3.63, 3.8) is 0 Å². The van der Waals surface area contributed by atoms with E-state index in [2.05, 4.69) is 6.92 Å². The van der Waals surface area contributed by atoms with Gasteiger partial charge in [-0.2, -0.15) is 0 Å². The van der Waals surface area contributed by atoms with Crippen molar-refractivity contribution in [1.29, 1.82) is 0 Å². The van der Waals surface area contributed by atoms with Gasteiger partial charge in [-0.1, -0.05) is 13.3 Å². The van der Waals surface area contributed by atoms with Gasteiger partial charge in [0.25, 0.3) is 0 Å². The zero-order valence-electron chi connectivity index (χ0n) is 9.33. The van der Waals surface area contributed by atoms with Crippen molar-refractivity contribution < 1.29 is 4.79 Å². The summed E-state index contributed by atoms with van der Waals surface area (Å²) in [7, 11) is 0. The first kappa shape index (κ1) is 11.5. The predicted molar refractivity (Wildman–Crippen MR) is 57.9 cm³/mol. The van der Waals surface area contributed by atoms with Crippen molar-refractivity contribution in [3.8, 4) is 0 Å². The molecule has 0 aromatic heterocycles. The van der Waals surface area contributed by atoms with Crippen molar-refractivity contribution in [2.24, 2.45) is 11.7 Å². The smallest absolute Gasteiger partial charge is 0.222 e. The molecular formula is C11H22N2O. The van der Waals surface area contributed by atoms with E-state index in [1.165, 1.54) is 0 Å². The summed E-state index contributed by atoms with van der Waals surface area (Å²) < 4.78 is 0. The van der Waals surface area contributed by atoms with Gasteiger partial charge in [-0.25, -0.2) is 0 Å². The normalized spacial score (nSPS) is 24.4. The predicted octanol–water partition coefficient (Wildman–Crippen LogP) is 1.37. The third-order valence-corrected chi connectivity index (χ3v) is 2.75. The highest BCUT2D eigenvalue weighted by molar-refractivity contribution is 5.78. The molecule has 3 heteroatoms. The van der Waals surface area contributed by atoms with Gasteiger partial charge < -0.3 is 10.6 Å². The Labute approximate surface area is 86.6 Å². The summed E-state index contributed by atoms with van der Waals surface area (Å²) in [5.74, 6) is 0.884. The molecule has 0 aromatic rings. The van der Waals surface area contributed by atoms with Gasteiger partial charge in [-0.15, -0.1) is 0 Å². The fourth-order valence-electron chi connectivity index (χ4n) is 1.95. The van der Waals surface area contributed by atoms with Crippen molar-refractivity contribution in [2.45, 2.75) is 45.6 Å². The van der Waals surface area contributed by atoms with Gasteiger partial charge in [0.05, 0.1) is 0 Å². The molecule has 0 aromatic carbocycles. The topological polar surface area (TPSA) is 46.3 Å². The number of carbonyl (C=O) groups is 1. The number of unbranched alkanes of at least 4 members (excludes halogenated alkanes) is 1. The lowest BCUT2D eigenvalue weighted by atomic mass is 10.1. The van der Waals surface area contributed by atoms with E-state index in [0.717, 1.165) is 38.8 Å². The van der Waals surface area contributed by atoms with Crippen LogP contribution in [0.1, 0.15) is 39.5 Å². The molecule has 2 N–H and O–H groups in total. The Morgan fingerprint density at radius 3 is 2.79 bits per heavy atom. The molecule has 14 heavy (non-hydrogen) atoms. The number of nitrogens with two attached hydrogens (primary N) is 1. The first-order valence-electron chi connectivity index (χ1n) is 5.63. The summed E-state index contributed by atoms with van der Waals surface area (Å²) in [6.45, 7) is 6.05. The molecular weight excluding hydrogens is 176 g/mol. The van der Waals surface area contributed by atoms with E-state index in [1.54, 1.807) is 0 Å². The number of hydrogen-bond donors (Lipinski definition) is 1. The Morgan fingerprint density at radius 1 is 1.57 bits per heavy atom. The third-order valence-electron chi connectivity index (χ3n) is 2.75. The zero-order valence-corrected chi connectivity index (χ0v) is 9.33. The molecule has 0 bridgehead atoms. The van der Waals surface area contributed by atoms with Crippen LogP contribution in [-0.2, 0) is 4.79 Å². The van der Waals surface area contributed by atoms with E-state index >= 15 is 0 Å². The summed E-state index contributed by atoms with van der Waals surface area (Å²) in [5, 5.41) is 0. The molecule has 0 aliphatic carbocycles. The number of likely N-dealkylation sites (tertiary alicyclic amines) is 1. The monoisotopic (exact) mass is 198 g/mol. The number of nitrogens with zero attached hydrogens (tertiary/aromatic N) is 1. The third kappa shape index (κ3) is 3.66. The molecule has 0 saturated carbocycles. The largest absolute Gasteiger partial charge is 0.342 e. The molecule has 82 valence electrons. The van der Waals surface area contributed by atoms with Gasteiger partial charge in [-0.05, 0) is 25.7 Å². The van der Waals surface area contributed by atoms with Gasteiger partial charge >= 0.3 is 0 Å². The lowest BCUT2D eigenvalue weighted by Gasteiger charge is -2.15. The standard InChI is InChI=1S/C11H22N2O/c1-9-7-11(14)13(8-9)6-4-3-5-10(2)12/h9-10H,3-8,12H2,1-2H3. The van der Waals surface area contributed by atoms with Gasteiger partial charge in [-0.3, -0.25) is 4.79 Å². The van der Waals surface area contributed by atoms with E-state index in [9.17, 15) is 4.79 Å². The summed E-state index contributed by atoms with van der Waals surface area (Å²) in [6, 6.07) is 0.295. The average Bonchev–Trinajstić information content (AvgIpc) is 2.39. The van der Waals surface area contributed by atoms with Crippen molar-refractivity contribution >= 4 is 5.91 Å². The quantitative estimate of drug-likeness (QED) is 0.678. The first-order valence-corrected chi connectivity index (χ1v) is 5.63. The van der Waals surface area contributed by atoms with E-state index in [1.807, 2.05) is 11.8 Å². The lowest BCUT2D eigenvalue weighted by Crippen LogP contribution is -2.26. The fraction of sp³-hybridized carbons (Fsp3) is 0.909. The molecule has 2 atom stereocenters. The second-order valence-corrected chi connectivity index (χ2v) is 4.62. The van der Waals surface area contributed by atoms with E-state index in [4.69, 9.17) is 5.73 Å². The maximum atomic E-state index is 11.4. The number of carbonyl (C=O) groups excluding carboxylic acids is 1. The molecule has 1 fully saturated rings. The minimum absolute atomic E-state index is 0.295. The maximum Gasteiger partial charge on any atom is 0.222 e. The fourth-order valence-corrected chi connectivity index (χ4v) is 1.95. The molecule has 1 saturated heterocycles. The summed E-state index contributed by atoms with van der Waals surface area (Å²) in [5.41, 5.74) is 5.66. The minimum atomic E-state index is 0.295. The van der Waals surface area contributed by atoms with E-state index < -0.39 is 0 Å². The SMILES string of the molecule is CC(N)CCCCN1CC(C)CC1=O. The van der Waals surface area contributed by atoms with Gasteiger partial charge in [0.1, 0.15) is 0 Å². The maximum absolute atomic E-state index is 11.4. The van der Waals surface area contributed by atoms with E-state index in [0.29, 0.717) is 17.9 Å². The molecule has 0 spiro atoms. The van der Waals surface area contributed by atoms with Crippen LogP contribution in [0.3, 0.4) is 0 Å². The second kappa shape index (κ2) is 5.35. The number of rotatable bonds is 5. The van der Waals surface area contributed by atoms with Crippen LogP contribution < -0.4 is 5.73 Å². The Kier molecular flexibility index (Phi) is 4.39. The second-order valence-electron chi connectivity index (χ2n) is 4.62. The summed E-state index contributed by atoms with van der Waals surface area (Å²) in [6.07, 6.45) is 4.04. The highest BCUT2D eigenvalue weighted by Gasteiger charge is 2.25. The first-order chi connectivity index (χ1) is 6.59. The number of hydrogen-bond acceptors (Lipinski definition) is 2. The highest BCUT2D eigenvalue weighted by Crippen LogP contribution is 2.17. The molecule has 1 aliphatic heterocycles. The Morgan fingerprint density at radius 2 is 2.29 bits per heavy atom. The molecule has 1 amide bonds. The molecule has 1 aliphatic rings. The van der Waals surface area contributed by atoms with Crippen molar-refractivity contribution in [2.75, 3.05) is 13.1 Å². The Balaban J connectivity index is 2.10. The van der Waals surface area contributed by atoms with Gasteiger partial charge in [0.15, 0.2) is 0 Å². The summed E-state index contributed by atoms with van der Waals surface area (Å²) in [4.78, 5) is 13.4. The lowest BCUT2D eigenvalue weighted by molar-refractivity contribution is -0.127. The van der Waals surface area contributed by atoms with Crippen LogP contribution in [-0.4, -0.2) is 29.9 Å². The zero-order chi connectivity index (χ0) is 10.6. The number of amides is 1. The summed E-state index contributed by atoms with van der Waals surface area (Å²) >= 11 is 0. The van der Waals surface area contributed by atoms with Crippen LogP contribution in [0.5, 0.6) is 0 Å². The van der Waals surface area contributed by atoms with Crippen molar-refractivity contribution in [3.05, 3.63) is 0 Å². The van der Waals surface area contributed by atoms with Crippen LogP contribution in [0.15, 0.2) is 0 Å². The van der Waals surface area contributed by atoms with Gasteiger partial charge in [0.2, 0.25) is 5.91 Å². The molecule has 1 rings (SSSR count). The highest BCUT2D eigenvalue weighted by atomic mass is 16.2. The molecule has 3 nitrogen and oxygen atoms in total. The Hall–Kier alpha value is -0.570. The minimum Gasteiger partial charge on any atom is -0.342 e. The van der Waals surface area contributed by atoms with Crippen LogP contribution in [0.4, 0.5) is 0 Å². The van der Waals surface area contributed by atoms with Crippen LogP contribution in [0.25, 0.3) is 0 Å². The van der Waals surface area contributed by atoms with Gasteiger partial charge in [0, 0.05) is 25.6 Å². The Bertz CT molecular complexity index is 192. The van der Waals surface area contributed by atoms with Crippen LogP contribution >= 0.6 is 0 Å². The van der Waals surface area contributed by atoms with Crippen molar-refractivity contribution in [1.82, 2.24) is 4.90 Å². The average molecular weight is 198 g/mol. The molecule has 2 unspecified atom stereocenters. The van der Waals surface area contributed by atoms with E-state index in [-0.39, 0.29) is 0 Å². The van der Waals surface area contributed by atoms with Crippen LogP contribution in [0.2, 0.25) is 0 Å². The molecule has 0 radical (unpaired) electrons. The van der Waals surface area contributed by atoms with Crippen LogP contribution in [0, 0.1) is 5.92 Å².